The zero-order valence-corrected chi connectivity index (χ0v) is 17.0. The van der Waals surface area contributed by atoms with Gasteiger partial charge in [-0.1, -0.05) is 12.1 Å². The number of guanidine groups is 1. The van der Waals surface area contributed by atoms with Gasteiger partial charge in [0.2, 0.25) is 0 Å². The van der Waals surface area contributed by atoms with Gasteiger partial charge in [0.25, 0.3) is 0 Å². The molecule has 2 aliphatic heterocycles. The molecule has 26 heavy (non-hydrogen) atoms. The molecule has 0 aromatic heterocycles. The molecule has 0 spiro atoms. The molecule has 2 saturated heterocycles. The lowest BCUT2D eigenvalue weighted by Gasteiger charge is -2.22. The number of ether oxygens (including phenoxy) is 1. The number of fused-ring (bicyclic) bond motifs is 2. The number of benzene rings is 1. The van der Waals surface area contributed by atoms with Crippen LogP contribution in [-0.2, 0) is 17.3 Å². The van der Waals surface area contributed by atoms with Crippen molar-refractivity contribution in [2.24, 2.45) is 4.99 Å². The van der Waals surface area contributed by atoms with Crippen LogP contribution in [0.3, 0.4) is 0 Å². The minimum Gasteiger partial charge on any atom is -0.373 e. The van der Waals surface area contributed by atoms with E-state index in [9.17, 15) is 13.2 Å². The van der Waals surface area contributed by atoms with Crippen molar-refractivity contribution in [2.75, 3.05) is 13.1 Å². The van der Waals surface area contributed by atoms with Crippen molar-refractivity contribution >= 4 is 29.9 Å². The number of alkyl halides is 3. The lowest BCUT2D eigenvalue weighted by atomic mass is 9.96. The van der Waals surface area contributed by atoms with Crippen molar-refractivity contribution in [2.45, 2.75) is 57.0 Å². The van der Waals surface area contributed by atoms with Crippen molar-refractivity contribution in [1.29, 1.82) is 0 Å². The van der Waals surface area contributed by atoms with Crippen LogP contribution < -0.4 is 10.6 Å². The van der Waals surface area contributed by atoms with Gasteiger partial charge in [0.1, 0.15) is 0 Å². The number of nitrogens with one attached hydrogen (secondary N) is 2. The van der Waals surface area contributed by atoms with Crippen LogP contribution in [0.5, 0.6) is 0 Å². The van der Waals surface area contributed by atoms with Crippen LogP contribution >= 0.6 is 24.0 Å². The SMILES string of the molecule is CCNC(=NCCc1ccc(C(F)(F)F)cc1)NC1CC2CCC1O2.I. The summed E-state index contributed by atoms with van der Waals surface area (Å²) in [5.74, 6) is 0.746. The van der Waals surface area contributed by atoms with Crippen molar-refractivity contribution < 1.29 is 17.9 Å². The van der Waals surface area contributed by atoms with Gasteiger partial charge < -0.3 is 15.4 Å². The molecule has 1 aromatic rings. The van der Waals surface area contributed by atoms with Crippen LogP contribution in [-0.4, -0.2) is 37.3 Å². The fourth-order valence-corrected chi connectivity index (χ4v) is 3.44. The Kier molecular flexibility index (Phi) is 7.57. The van der Waals surface area contributed by atoms with E-state index < -0.39 is 11.7 Å². The summed E-state index contributed by atoms with van der Waals surface area (Å²) < 4.78 is 43.6. The molecule has 8 heteroatoms. The van der Waals surface area contributed by atoms with Crippen LogP contribution in [0.2, 0.25) is 0 Å². The Balaban J connectivity index is 0.00000243. The first kappa shape index (κ1) is 21.3. The molecule has 2 N–H and O–H groups in total. The predicted molar refractivity (Wildman–Crippen MR) is 106 cm³/mol. The average molecular weight is 483 g/mol. The molecular formula is C18H25F3IN3O. The summed E-state index contributed by atoms with van der Waals surface area (Å²) in [6.45, 7) is 3.28. The van der Waals surface area contributed by atoms with Crippen molar-refractivity contribution in [3.63, 3.8) is 0 Å². The van der Waals surface area contributed by atoms with E-state index in [0.717, 1.165) is 49.5 Å². The first-order valence-electron chi connectivity index (χ1n) is 8.82. The number of aliphatic imine (C=N–C) groups is 1. The lowest BCUT2D eigenvalue weighted by Crippen LogP contribution is -2.47. The number of hydrogen-bond donors (Lipinski definition) is 2. The van der Waals surface area contributed by atoms with Crippen LogP contribution in [0.25, 0.3) is 0 Å². The normalized spacial score (nSPS) is 25.1. The Labute approximate surface area is 169 Å². The maximum Gasteiger partial charge on any atom is 0.416 e. The number of hydrogen-bond acceptors (Lipinski definition) is 2. The van der Waals surface area contributed by atoms with Crippen LogP contribution in [0, 0.1) is 0 Å². The summed E-state index contributed by atoms with van der Waals surface area (Å²) >= 11 is 0. The average Bonchev–Trinajstić information content (AvgIpc) is 3.17. The van der Waals surface area contributed by atoms with E-state index in [1.165, 1.54) is 12.1 Å². The minimum atomic E-state index is -4.29. The molecule has 0 aliphatic carbocycles. The van der Waals surface area contributed by atoms with E-state index in [0.29, 0.717) is 25.1 Å². The molecular weight excluding hydrogens is 458 g/mol. The molecule has 1 aromatic carbocycles. The third-order valence-electron chi connectivity index (χ3n) is 4.72. The Morgan fingerprint density at radius 3 is 2.50 bits per heavy atom. The Morgan fingerprint density at radius 1 is 1.23 bits per heavy atom. The molecule has 3 rings (SSSR count). The highest BCUT2D eigenvalue weighted by Gasteiger charge is 2.41. The monoisotopic (exact) mass is 483 g/mol. The molecule has 2 bridgehead atoms. The molecule has 0 amide bonds. The molecule has 4 nitrogen and oxygen atoms in total. The Hall–Kier alpha value is -1.03. The van der Waals surface area contributed by atoms with Gasteiger partial charge in [0, 0.05) is 13.1 Å². The number of rotatable bonds is 5. The van der Waals surface area contributed by atoms with E-state index in [-0.39, 0.29) is 30.1 Å². The smallest absolute Gasteiger partial charge is 0.373 e. The van der Waals surface area contributed by atoms with Gasteiger partial charge in [-0.3, -0.25) is 4.99 Å². The summed E-state index contributed by atoms with van der Waals surface area (Å²) in [6.07, 6.45) is 0.191. The van der Waals surface area contributed by atoms with Crippen LogP contribution in [0.4, 0.5) is 13.2 Å². The highest BCUT2D eigenvalue weighted by Crippen LogP contribution is 2.34. The van der Waals surface area contributed by atoms with Crippen LogP contribution in [0.1, 0.15) is 37.3 Å². The Bertz CT molecular complexity index is 607. The van der Waals surface area contributed by atoms with E-state index in [1.807, 2.05) is 6.92 Å². The molecule has 146 valence electrons. The third kappa shape index (κ3) is 5.48. The number of halogens is 4. The first-order valence-corrected chi connectivity index (χ1v) is 8.82. The van der Waals surface area contributed by atoms with Gasteiger partial charge in [-0.25, -0.2) is 0 Å². The molecule has 2 aliphatic rings. The lowest BCUT2D eigenvalue weighted by molar-refractivity contribution is -0.137. The second kappa shape index (κ2) is 9.25. The zero-order chi connectivity index (χ0) is 17.9. The largest absolute Gasteiger partial charge is 0.416 e. The van der Waals surface area contributed by atoms with Gasteiger partial charge in [0.15, 0.2) is 5.96 Å². The quantitative estimate of drug-likeness (QED) is 0.381. The second-order valence-electron chi connectivity index (χ2n) is 6.57. The molecule has 3 unspecified atom stereocenters. The fourth-order valence-electron chi connectivity index (χ4n) is 3.44. The maximum absolute atomic E-state index is 12.6. The molecule has 2 fully saturated rings. The third-order valence-corrected chi connectivity index (χ3v) is 4.72. The summed E-state index contributed by atoms with van der Waals surface area (Å²) in [5.41, 5.74) is 0.224. The fraction of sp³-hybridized carbons (Fsp3) is 0.611. The van der Waals surface area contributed by atoms with E-state index in [4.69, 9.17) is 4.74 Å². The van der Waals surface area contributed by atoms with Gasteiger partial charge in [-0.15, -0.1) is 24.0 Å². The van der Waals surface area contributed by atoms with Crippen molar-refractivity contribution in [3.8, 4) is 0 Å². The van der Waals surface area contributed by atoms with E-state index >= 15 is 0 Å². The number of nitrogens with zero attached hydrogens (tertiary/aromatic N) is 1. The Morgan fingerprint density at radius 2 is 1.96 bits per heavy atom. The molecule has 2 heterocycles. The summed E-state index contributed by atoms with van der Waals surface area (Å²) in [5, 5.41) is 6.65. The maximum atomic E-state index is 12.6. The van der Waals surface area contributed by atoms with Crippen molar-refractivity contribution in [1.82, 2.24) is 10.6 Å². The first-order chi connectivity index (χ1) is 12.0. The highest BCUT2D eigenvalue weighted by molar-refractivity contribution is 14.0. The van der Waals surface area contributed by atoms with Gasteiger partial charge in [-0.2, -0.15) is 13.2 Å². The highest BCUT2D eigenvalue weighted by atomic mass is 127. The van der Waals surface area contributed by atoms with Gasteiger partial charge in [0.05, 0.1) is 23.8 Å². The molecule has 0 saturated carbocycles. The summed E-state index contributed by atoms with van der Waals surface area (Å²) in [7, 11) is 0. The summed E-state index contributed by atoms with van der Waals surface area (Å²) in [4.78, 5) is 4.54. The zero-order valence-electron chi connectivity index (χ0n) is 14.7. The second-order valence-corrected chi connectivity index (χ2v) is 6.57. The molecule has 0 radical (unpaired) electrons. The minimum absolute atomic E-state index is 0. The van der Waals surface area contributed by atoms with E-state index in [2.05, 4.69) is 15.6 Å². The van der Waals surface area contributed by atoms with Gasteiger partial charge in [-0.05, 0) is 50.3 Å². The predicted octanol–water partition coefficient (Wildman–Crippen LogP) is 3.74. The van der Waals surface area contributed by atoms with Gasteiger partial charge >= 0.3 is 6.18 Å². The summed E-state index contributed by atoms with van der Waals surface area (Å²) in [6, 6.07) is 5.57. The van der Waals surface area contributed by atoms with Crippen molar-refractivity contribution in [3.05, 3.63) is 35.4 Å². The van der Waals surface area contributed by atoms with Crippen LogP contribution in [0.15, 0.2) is 29.3 Å². The van der Waals surface area contributed by atoms with E-state index in [1.54, 1.807) is 0 Å². The standard InChI is InChI=1S/C18H24F3N3O.HI/c1-2-22-17(24-15-11-14-7-8-16(15)25-14)23-10-9-12-3-5-13(6-4-12)18(19,20)21;/h3-6,14-16H,2,7-11H2,1H3,(H2,22,23,24);1H. The molecule has 3 atom stereocenters. The topological polar surface area (TPSA) is 45.7 Å².